The summed E-state index contributed by atoms with van der Waals surface area (Å²) in [6.45, 7) is 5.73. The first kappa shape index (κ1) is 17.4. The van der Waals surface area contributed by atoms with Crippen LogP contribution in [0.15, 0.2) is 17.0 Å². The number of hydrogen-bond acceptors (Lipinski definition) is 4. The highest BCUT2D eigenvalue weighted by Crippen LogP contribution is 2.21. The van der Waals surface area contributed by atoms with Gasteiger partial charge >= 0.3 is 0 Å². The molecule has 0 radical (unpaired) electrons. The first-order chi connectivity index (χ1) is 9.72. The van der Waals surface area contributed by atoms with Crippen molar-refractivity contribution in [3.63, 3.8) is 0 Å². The first-order valence-electron chi connectivity index (χ1n) is 6.56. The quantitative estimate of drug-likeness (QED) is 0.761. The molecule has 0 aromatic heterocycles. The number of sulfonamides is 1. The molecule has 0 unspecified atom stereocenters. The van der Waals surface area contributed by atoms with Gasteiger partial charge < -0.3 is 10.6 Å². The van der Waals surface area contributed by atoms with Gasteiger partial charge in [-0.05, 0) is 38.5 Å². The lowest BCUT2D eigenvalue weighted by Crippen LogP contribution is -2.40. The zero-order valence-electron chi connectivity index (χ0n) is 12.3. The number of nitrogens with two attached hydrogens (primary N) is 1. The molecule has 118 valence electrons. The fraction of sp³-hybridized carbons (Fsp3) is 0.462. The van der Waals surface area contributed by atoms with Crippen molar-refractivity contribution in [2.24, 2.45) is 0 Å². The molecule has 0 heterocycles. The van der Waals surface area contributed by atoms with Crippen molar-refractivity contribution < 1.29 is 17.6 Å². The minimum Gasteiger partial charge on any atom is -0.396 e. The van der Waals surface area contributed by atoms with Gasteiger partial charge in [-0.3, -0.25) is 4.79 Å². The number of rotatable bonds is 6. The third kappa shape index (κ3) is 4.15. The summed E-state index contributed by atoms with van der Waals surface area (Å²) in [5.41, 5.74) is 5.36. The van der Waals surface area contributed by atoms with Crippen LogP contribution in [0.2, 0.25) is 0 Å². The van der Waals surface area contributed by atoms with E-state index >= 15 is 0 Å². The molecule has 0 bridgehead atoms. The maximum Gasteiger partial charge on any atom is 0.241 e. The molecule has 1 rings (SSSR count). The second-order valence-corrected chi connectivity index (χ2v) is 6.27. The topological polar surface area (TPSA) is 92.5 Å². The van der Waals surface area contributed by atoms with Crippen LogP contribution < -0.4 is 10.5 Å². The predicted molar refractivity (Wildman–Crippen MR) is 78.7 cm³/mol. The average Bonchev–Trinajstić information content (AvgIpc) is 2.42. The Balaban J connectivity index is 2.93. The van der Waals surface area contributed by atoms with Gasteiger partial charge in [0, 0.05) is 13.1 Å². The van der Waals surface area contributed by atoms with E-state index in [0.29, 0.717) is 13.1 Å². The van der Waals surface area contributed by atoms with Gasteiger partial charge in [-0.1, -0.05) is 0 Å². The van der Waals surface area contributed by atoms with Crippen LogP contribution in [0.3, 0.4) is 0 Å². The molecule has 1 aromatic rings. The fourth-order valence-electron chi connectivity index (χ4n) is 1.88. The number of nitrogens with one attached hydrogen (secondary N) is 1. The molecule has 8 heteroatoms. The van der Waals surface area contributed by atoms with E-state index in [-0.39, 0.29) is 28.6 Å². The Labute approximate surface area is 124 Å². The van der Waals surface area contributed by atoms with Gasteiger partial charge in [-0.2, -0.15) is 0 Å². The number of aryl methyl sites for hydroxylation is 1. The lowest BCUT2D eigenvalue weighted by atomic mass is 10.2. The maximum absolute atomic E-state index is 13.3. The molecule has 0 atom stereocenters. The Morgan fingerprint density at radius 2 is 1.90 bits per heavy atom. The third-order valence-electron chi connectivity index (χ3n) is 3.11. The number of benzene rings is 1. The van der Waals surface area contributed by atoms with Crippen LogP contribution in [0, 0.1) is 12.7 Å². The zero-order chi connectivity index (χ0) is 16.2. The van der Waals surface area contributed by atoms with Gasteiger partial charge in [-0.15, -0.1) is 0 Å². The molecule has 0 saturated heterocycles. The molecule has 0 aliphatic carbocycles. The molecule has 0 saturated carbocycles. The molecule has 0 spiro atoms. The molecule has 3 N–H and O–H groups in total. The number of amides is 1. The van der Waals surface area contributed by atoms with Crippen molar-refractivity contribution >= 4 is 21.6 Å². The Bertz CT molecular complexity index is 628. The number of carbonyl (C=O) groups is 1. The standard InChI is InChI=1S/C13H20FN3O3S/c1-4-17(5-2)13(18)8-16-21(19,20)12-7-11(15)10(14)6-9(12)3/h6-7,16H,4-5,8,15H2,1-3H3. The Morgan fingerprint density at radius 3 is 2.43 bits per heavy atom. The second kappa shape index (κ2) is 6.86. The van der Waals surface area contributed by atoms with Gasteiger partial charge in [0.15, 0.2) is 0 Å². The average molecular weight is 317 g/mol. The highest BCUT2D eigenvalue weighted by atomic mass is 32.2. The van der Waals surface area contributed by atoms with E-state index in [9.17, 15) is 17.6 Å². The Morgan fingerprint density at radius 1 is 1.33 bits per heavy atom. The van der Waals surface area contributed by atoms with Crippen LogP contribution in [0.5, 0.6) is 0 Å². The minimum atomic E-state index is -3.92. The van der Waals surface area contributed by atoms with Crippen molar-refractivity contribution in [3.05, 3.63) is 23.5 Å². The van der Waals surface area contributed by atoms with E-state index in [0.717, 1.165) is 12.1 Å². The first-order valence-corrected chi connectivity index (χ1v) is 8.04. The summed E-state index contributed by atoms with van der Waals surface area (Å²) in [7, 11) is -3.92. The molecule has 1 aromatic carbocycles. The molecule has 1 amide bonds. The van der Waals surface area contributed by atoms with Crippen molar-refractivity contribution in [1.29, 1.82) is 0 Å². The molecule has 21 heavy (non-hydrogen) atoms. The summed E-state index contributed by atoms with van der Waals surface area (Å²) in [6.07, 6.45) is 0. The highest BCUT2D eigenvalue weighted by Gasteiger charge is 2.21. The van der Waals surface area contributed by atoms with E-state index in [4.69, 9.17) is 5.73 Å². The summed E-state index contributed by atoms with van der Waals surface area (Å²) in [4.78, 5) is 13.2. The van der Waals surface area contributed by atoms with Crippen molar-refractivity contribution in [3.8, 4) is 0 Å². The molecular weight excluding hydrogens is 297 g/mol. The summed E-state index contributed by atoms with van der Waals surface area (Å²) < 4.78 is 39.8. The van der Waals surface area contributed by atoms with Gasteiger partial charge in [0.2, 0.25) is 15.9 Å². The summed E-state index contributed by atoms with van der Waals surface area (Å²) in [6, 6.07) is 2.10. The molecular formula is C13H20FN3O3S. The smallest absolute Gasteiger partial charge is 0.241 e. The SMILES string of the molecule is CCN(CC)C(=O)CNS(=O)(=O)c1cc(N)c(F)cc1C. The molecule has 0 aliphatic heterocycles. The number of halogens is 1. The van der Waals surface area contributed by atoms with Crippen LogP contribution in [0.25, 0.3) is 0 Å². The number of nitrogens with zero attached hydrogens (tertiary/aromatic N) is 1. The minimum absolute atomic E-state index is 0.131. The summed E-state index contributed by atoms with van der Waals surface area (Å²) in [5, 5.41) is 0. The predicted octanol–water partition coefficient (Wildman–Crippen LogP) is 0.863. The van der Waals surface area contributed by atoms with Crippen LogP contribution in [0.4, 0.5) is 10.1 Å². The van der Waals surface area contributed by atoms with Crippen molar-refractivity contribution in [2.45, 2.75) is 25.7 Å². The normalized spacial score (nSPS) is 11.4. The van der Waals surface area contributed by atoms with Gasteiger partial charge in [0.25, 0.3) is 0 Å². The van der Waals surface area contributed by atoms with Gasteiger partial charge in [-0.25, -0.2) is 17.5 Å². The van der Waals surface area contributed by atoms with E-state index in [1.165, 1.54) is 11.8 Å². The van der Waals surface area contributed by atoms with E-state index in [1.807, 2.05) is 0 Å². The number of likely N-dealkylation sites (N-methyl/N-ethyl adjacent to an activating group) is 1. The van der Waals surface area contributed by atoms with Crippen molar-refractivity contribution in [2.75, 3.05) is 25.4 Å². The van der Waals surface area contributed by atoms with Crippen LogP contribution in [0.1, 0.15) is 19.4 Å². The number of nitrogen functional groups attached to an aromatic ring is 1. The molecule has 0 fully saturated rings. The Kier molecular flexibility index (Phi) is 5.68. The van der Waals surface area contributed by atoms with Crippen LogP contribution in [-0.2, 0) is 14.8 Å². The zero-order valence-corrected chi connectivity index (χ0v) is 13.1. The van der Waals surface area contributed by atoms with E-state index < -0.39 is 15.8 Å². The van der Waals surface area contributed by atoms with E-state index in [2.05, 4.69) is 4.72 Å². The number of hydrogen-bond donors (Lipinski definition) is 2. The third-order valence-corrected chi connectivity index (χ3v) is 4.66. The molecule has 0 aliphatic rings. The van der Waals surface area contributed by atoms with Crippen LogP contribution in [-0.4, -0.2) is 38.9 Å². The molecule has 6 nitrogen and oxygen atoms in total. The van der Waals surface area contributed by atoms with Crippen LogP contribution >= 0.6 is 0 Å². The second-order valence-electron chi connectivity index (χ2n) is 4.53. The summed E-state index contributed by atoms with van der Waals surface area (Å²) in [5.74, 6) is -0.998. The number of carbonyl (C=O) groups excluding carboxylic acids is 1. The lowest BCUT2D eigenvalue weighted by Gasteiger charge is -2.19. The summed E-state index contributed by atoms with van der Waals surface area (Å²) >= 11 is 0. The number of anilines is 1. The lowest BCUT2D eigenvalue weighted by molar-refractivity contribution is -0.129. The monoisotopic (exact) mass is 317 g/mol. The largest absolute Gasteiger partial charge is 0.396 e. The fourth-order valence-corrected chi connectivity index (χ4v) is 3.11. The van der Waals surface area contributed by atoms with Crippen molar-refractivity contribution in [1.82, 2.24) is 9.62 Å². The van der Waals surface area contributed by atoms with E-state index in [1.54, 1.807) is 13.8 Å². The van der Waals surface area contributed by atoms with Gasteiger partial charge in [0.1, 0.15) is 5.82 Å². The maximum atomic E-state index is 13.3. The Hall–Kier alpha value is -1.67. The highest BCUT2D eigenvalue weighted by molar-refractivity contribution is 7.89. The van der Waals surface area contributed by atoms with Gasteiger partial charge in [0.05, 0.1) is 17.1 Å².